The van der Waals surface area contributed by atoms with Crippen molar-refractivity contribution in [2.45, 2.75) is 39.2 Å². The summed E-state index contributed by atoms with van der Waals surface area (Å²) >= 11 is 1.31. The predicted molar refractivity (Wildman–Crippen MR) is 107 cm³/mol. The maximum Gasteiger partial charge on any atom is 0.325 e. The van der Waals surface area contributed by atoms with Crippen molar-refractivity contribution >= 4 is 34.3 Å². The second-order valence-electron chi connectivity index (χ2n) is 7.70. The molecule has 7 nitrogen and oxygen atoms in total. The molecule has 1 aliphatic carbocycles. The SMILES string of the molecule is Cc1ccc(C)c(-c2csc(NC(=O)CN3C(=O)NC(C)(C4CC4)C3=O)n2)c1. The first-order valence-electron chi connectivity index (χ1n) is 9.25. The van der Waals surface area contributed by atoms with Crippen LogP contribution < -0.4 is 10.6 Å². The lowest BCUT2D eigenvalue weighted by atomic mass is 9.96. The average Bonchev–Trinajstić information content (AvgIpc) is 3.37. The normalized spacial score (nSPS) is 21.8. The van der Waals surface area contributed by atoms with E-state index in [1.165, 1.54) is 11.3 Å². The standard InChI is InChI=1S/C20H22N4O3S/c1-11-4-5-12(2)14(8-11)15-10-28-18(21-15)22-16(25)9-24-17(26)20(3,13-6-7-13)23-19(24)27/h4-5,8,10,13H,6-7,9H2,1-3H3,(H,23,27)(H,21,22,25). The number of benzene rings is 1. The highest BCUT2D eigenvalue weighted by molar-refractivity contribution is 7.14. The number of nitrogens with zero attached hydrogens (tertiary/aromatic N) is 2. The molecule has 0 spiro atoms. The second-order valence-corrected chi connectivity index (χ2v) is 8.56. The van der Waals surface area contributed by atoms with Gasteiger partial charge in [0.2, 0.25) is 5.91 Å². The number of hydrogen-bond donors (Lipinski definition) is 2. The molecule has 2 aromatic rings. The fourth-order valence-corrected chi connectivity index (χ4v) is 4.29. The van der Waals surface area contributed by atoms with E-state index in [2.05, 4.69) is 21.7 Å². The number of nitrogens with one attached hydrogen (secondary N) is 2. The van der Waals surface area contributed by atoms with Crippen molar-refractivity contribution in [3.05, 3.63) is 34.7 Å². The molecule has 1 unspecified atom stereocenters. The molecule has 0 radical (unpaired) electrons. The third-order valence-electron chi connectivity index (χ3n) is 5.42. The molecular weight excluding hydrogens is 376 g/mol. The molecule has 146 valence electrons. The molecule has 8 heteroatoms. The summed E-state index contributed by atoms with van der Waals surface area (Å²) in [5, 5.41) is 7.77. The number of urea groups is 1. The lowest BCUT2D eigenvalue weighted by Crippen LogP contribution is -2.46. The van der Waals surface area contributed by atoms with E-state index >= 15 is 0 Å². The summed E-state index contributed by atoms with van der Waals surface area (Å²) in [5.74, 6) is -0.605. The summed E-state index contributed by atoms with van der Waals surface area (Å²) in [7, 11) is 0. The van der Waals surface area contributed by atoms with E-state index in [0.29, 0.717) is 5.13 Å². The molecule has 1 atom stereocenters. The van der Waals surface area contributed by atoms with E-state index in [1.807, 2.05) is 31.4 Å². The number of aromatic nitrogens is 1. The van der Waals surface area contributed by atoms with Crippen LogP contribution in [-0.2, 0) is 9.59 Å². The van der Waals surface area contributed by atoms with E-state index in [9.17, 15) is 14.4 Å². The Hall–Kier alpha value is -2.74. The minimum absolute atomic E-state index is 0.163. The van der Waals surface area contributed by atoms with Gasteiger partial charge in [-0.2, -0.15) is 0 Å². The van der Waals surface area contributed by atoms with Gasteiger partial charge in [0.15, 0.2) is 5.13 Å². The molecule has 4 amide bonds. The minimum atomic E-state index is -0.881. The van der Waals surface area contributed by atoms with Crippen molar-refractivity contribution in [3.8, 4) is 11.3 Å². The Balaban J connectivity index is 1.43. The van der Waals surface area contributed by atoms with Gasteiger partial charge in [-0.25, -0.2) is 9.78 Å². The van der Waals surface area contributed by atoms with Gasteiger partial charge in [-0.3, -0.25) is 14.5 Å². The van der Waals surface area contributed by atoms with E-state index in [1.54, 1.807) is 6.92 Å². The maximum absolute atomic E-state index is 12.6. The summed E-state index contributed by atoms with van der Waals surface area (Å²) in [5.41, 5.74) is 3.17. The highest BCUT2D eigenvalue weighted by atomic mass is 32.1. The molecule has 2 fully saturated rings. The van der Waals surface area contributed by atoms with Gasteiger partial charge in [0.05, 0.1) is 5.69 Å². The number of imide groups is 1. The van der Waals surface area contributed by atoms with Crippen molar-refractivity contribution in [3.63, 3.8) is 0 Å². The van der Waals surface area contributed by atoms with Crippen LogP contribution in [0.25, 0.3) is 11.3 Å². The van der Waals surface area contributed by atoms with Crippen molar-refractivity contribution < 1.29 is 14.4 Å². The van der Waals surface area contributed by atoms with Gasteiger partial charge in [-0.05, 0) is 51.2 Å². The van der Waals surface area contributed by atoms with Crippen molar-refractivity contribution in [1.29, 1.82) is 0 Å². The third-order valence-corrected chi connectivity index (χ3v) is 6.17. The summed E-state index contributed by atoms with van der Waals surface area (Å²) in [6.07, 6.45) is 1.84. The highest BCUT2D eigenvalue weighted by Crippen LogP contribution is 2.42. The molecule has 1 saturated heterocycles. The third kappa shape index (κ3) is 3.28. The second kappa shape index (κ2) is 6.70. The van der Waals surface area contributed by atoms with Crippen molar-refractivity contribution in [2.75, 3.05) is 11.9 Å². The summed E-state index contributed by atoms with van der Waals surface area (Å²) in [4.78, 5) is 42.7. The average molecular weight is 398 g/mol. The van der Waals surface area contributed by atoms with Crippen LogP contribution in [0.3, 0.4) is 0 Å². The smallest absolute Gasteiger partial charge is 0.323 e. The first-order chi connectivity index (χ1) is 13.3. The molecule has 1 aromatic heterocycles. The van der Waals surface area contributed by atoms with Crippen LogP contribution in [0.5, 0.6) is 0 Å². The van der Waals surface area contributed by atoms with Gasteiger partial charge in [0.1, 0.15) is 12.1 Å². The number of hydrogen-bond acceptors (Lipinski definition) is 5. The first-order valence-corrected chi connectivity index (χ1v) is 10.1. The van der Waals surface area contributed by atoms with Crippen molar-refractivity contribution in [2.24, 2.45) is 5.92 Å². The number of thiazole rings is 1. The zero-order chi connectivity index (χ0) is 20.1. The Morgan fingerprint density at radius 3 is 2.82 bits per heavy atom. The Bertz CT molecular complexity index is 982. The number of amides is 4. The van der Waals surface area contributed by atoms with E-state index < -0.39 is 17.5 Å². The van der Waals surface area contributed by atoms with Crippen LogP contribution in [0.4, 0.5) is 9.93 Å². The zero-order valence-corrected chi connectivity index (χ0v) is 16.9. The molecule has 0 bridgehead atoms. The van der Waals surface area contributed by atoms with Gasteiger partial charge in [0, 0.05) is 10.9 Å². The molecule has 2 N–H and O–H groups in total. The molecule has 28 heavy (non-hydrogen) atoms. The molecule has 1 saturated carbocycles. The lowest BCUT2D eigenvalue weighted by molar-refractivity contribution is -0.134. The minimum Gasteiger partial charge on any atom is -0.323 e. The maximum atomic E-state index is 12.6. The molecular formula is C20H22N4O3S. The number of rotatable bonds is 5. The van der Waals surface area contributed by atoms with E-state index in [0.717, 1.165) is 40.1 Å². The van der Waals surface area contributed by atoms with Crippen molar-refractivity contribution in [1.82, 2.24) is 15.2 Å². The zero-order valence-electron chi connectivity index (χ0n) is 16.0. The number of aryl methyl sites for hydroxylation is 2. The Kier molecular flexibility index (Phi) is 4.45. The van der Waals surface area contributed by atoms with Crippen LogP contribution in [-0.4, -0.2) is 39.8 Å². The van der Waals surface area contributed by atoms with Gasteiger partial charge in [-0.1, -0.05) is 17.7 Å². The highest BCUT2D eigenvalue weighted by Gasteiger charge is 2.56. The topological polar surface area (TPSA) is 91.4 Å². The Morgan fingerprint density at radius 2 is 2.11 bits per heavy atom. The Labute approximate surface area is 167 Å². The quantitative estimate of drug-likeness (QED) is 0.757. The fourth-order valence-electron chi connectivity index (χ4n) is 3.57. The predicted octanol–water partition coefficient (Wildman–Crippen LogP) is 3.09. The lowest BCUT2D eigenvalue weighted by Gasteiger charge is -2.20. The molecule has 2 heterocycles. The first kappa shape index (κ1) is 18.6. The summed E-state index contributed by atoms with van der Waals surface area (Å²) < 4.78 is 0. The molecule has 1 aromatic carbocycles. The van der Waals surface area contributed by atoms with Gasteiger partial charge in [0.25, 0.3) is 5.91 Å². The van der Waals surface area contributed by atoms with E-state index in [-0.39, 0.29) is 18.4 Å². The van der Waals surface area contributed by atoms with Gasteiger partial charge >= 0.3 is 6.03 Å². The summed E-state index contributed by atoms with van der Waals surface area (Å²) in [6, 6.07) is 5.63. The number of anilines is 1. The van der Waals surface area contributed by atoms with Crippen LogP contribution in [0.15, 0.2) is 23.6 Å². The molecule has 2 aliphatic rings. The van der Waals surface area contributed by atoms with Crippen LogP contribution in [0.1, 0.15) is 30.9 Å². The Morgan fingerprint density at radius 1 is 1.36 bits per heavy atom. The number of carbonyl (C=O) groups excluding carboxylic acids is 3. The largest absolute Gasteiger partial charge is 0.325 e. The monoisotopic (exact) mass is 398 g/mol. The van der Waals surface area contributed by atoms with Crippen LogP contribution in [0.2, 0.25) is 0 Å². The van der Waals surface area contributed by atoms with E-state index in [4.69, 9.17) is 0 Å². The fraction of sp³-hybridized carbons (Fsp3) is 0.400. The summed E-state index contributed by atoms with van der Waals surface area (Å²) in [6.45, 7) is 5.46. The van der Waals surface area contributed by atoms with Gasteiger partial charge in [-0.15, -0.1) is 11.3 Å². The molecule has 1 aliphatic heterocycles. The number of carbonyl (C=O) groups is 3. The van der Waals surface area contributed by atoms with Crippen LogP contribution >= 0.6 is 11.3 Å². The molecule has 4 rings (SSSR count). The van der Waals surface area contributed by atoms with Gasteiger partial charge < -0.3 is 10.6 Å². The van der Waals surface area contributed by atoms with Crippen LogP contribution in [0, 0.1) is 19.8 Å².